The summed E-state index contributed by atoms with van der Waals surface area (Å²) in [7, 11) is 2.93. The predicted octanol–water partition coefficient (Wildman–Crippen LogP) is 6.44. The van der Waals surface area contributed by atoms with Crippen molar-refractivity contribution in [3.63, 3.8) is 0 Å². The Kier molecular flexibility index (Phi) is 18.7. The van der Waals surface area contributed by atoms with Crippen molar-refractivity contribution in [3.8, 4) is 43.4 Å². The van der Waals surface area contributed by atoms with Crippen LogP contribution in [0.1, 0.15) is 119 Å². The summed E-state index contributed by atoms with van der Waals surface area (Å²) in [6.07, 6.45) is -1.74. The number of nitrogens with one attached hydrogen (secondary N) is 6. The summed E-state index contributed by atoms with van der Waals surface area (Å²) >= 11 is 7.06. The second kappa shape index (κ2) is 26.1. The number of aliphatic hydroxyl groups is 1. The summed E-state index contributed by atoms with van der Waals surface area (Å²) in [5.41, 5.74) is 8.13. The summed E-state index contributed by atoms with van der Waals surface area (Å²) < 4.78 is 5.44. The van der Waals surface area contributed by atoms with E-state index in [-0.39, 0.29) is 59.7 Å². The van der Waals surface area contributed by atoms with Crippen molar-refractivity contribution in [2.45, 2.75) is 76.9 Å². The zero-order chi connectivity index (χ0) is 58.4. The van der Waals surface area contributed by atoms with E-state index in [0.29, 0.717) is 68.7 Å². The first kappa shape index (κ1) is 59.0. The Hall–Kier alpha value is -7.68. The van der Waals surface area contributed by atoms with Gasteiger partial charge in [-0.25, -0.2) is 34.9 Å². The minimum absolute atomic E-state index is 0.00393. The fourth-order valence-electron chi connectivity index (χ4n) is 8.26. The van der Waals surface area contributed by atoms with Crippen molar-refractivity contribution in [1.29, 1.82) is 0 Å². The molecule has 7 aromatic heterocycles. The number of carbonyl (C=O) groups excluding carboxylic acids is 6. The molecule has 8 aromatic rings. The molecule has 9 rings (SSSR count). The highest BCUT2D eigenvalue weighted by atomic mass is 32.1. The molecule has 0 fully saturated rings. The van der Waals surface area contributed by atoms with Crippen LogP contribution in [0.5, 0.6) is 0 Å². The van der Waals surface area contributed by atoms with E-state index in [0.717, 1.165) is 34.0 Å². The number of thiazole rings is 6. The van der Waals surface area contributed by atoms with Gasteiger partial charge in [0.15, 0.2) is 0 Å². The van der Waals surface area contributed by atoms with Crippen molar-refractivity contribution in [3.05, 3.63) is 111 Å². The number of benzene rings is 1. The molecule has 0 saturated carbocycles. The number of carbonyl (C=O) groups is 7. The predicted molar refractivity (Wildman–Crippen MR) is 310 cm³/mol. The minimum atomic E-state index is -1.29. The summed E-state index contributed by atoms with van der Waals surface area (Å²) in [4.78, 5) is 128. The molecule has 1 aliphatic heterocycles. The molecule has 0 aliphatic carbocycles. The Morgan fingerprint density at radius 2 is 1.43 bits per heavy atom. The Morgan fingerprint density at radius 3 is 2.17 bits per heavy atom. The molecule has 0 spiro atoms. The summed E-state index contributed by atoms with van der Waals surface area (Å²) in [6, 6.07) is 8.15. The number of nitrogens with two attached hydrogens (primary N) is 1. The quantitative estimate of drug-likeness (QED) is 0.0599. The number of anilines is 1. The average molecular weight is 1230 g/mol. The van der Waals surface area contributed by atoms with Crippen molar-refractivity contribution in [2.24, 2.45) is 11.7 Å². The number of methoxy groups -OCH3 is 1. The fraction of sp³-hybridized carbons (Fsp3) is 0.308. The minimum Gasteiger partial charge on any atom is -0.480 e. The van der Waals surface area contributed by atoms with Crippen LogP contribution < -0.4 is 37.6 Å². The molecule has 6 amide bonds. The number of pyridine rings is 1. The molecule has 1 aliphatic rings. The average Bonchev–Trinajstić information content (AvgIpc) is 4.36. The highest BCUT2D eigenvalue weighted by molar-refractivity contribution is 7.15. The SMILES string of the molecule is CNC(=O)C[C@@H]1NC(=O)c2csc(n2)-c2ccc(-c3nc(NC(=O)CC[C@H](N)C(=O)O)cs3)nc2-c2csc(n2)-c2csc(n2)[C@H]([C@@H](O)c2ccccc2)NC(=O)CNC(=O)c2nc(sc2COC)C(C(C)C)NC(=O)c2nc1sc2C. The number of aliphatic hydroxyl groups excluding tert-OH is 1. The lowest BCUT2D eigenvalue weighted by molar-refractivity contribution is -0.138. The maximum atomic E-state index is 14.3. The zero-order valence-corrected chi connectivity index (χ0v) is 49.1. The number of aromatic nitrogens is 7. The van der Waals surface area contributed by atoms with Gasteiger partial charge < -0.3 is 52.6 Å². The van der Waals surface area contributed by atoms with Crippen LogP contribution in [0.4, 0.5) is 5.82 Å². The molecule has 30 heteroatoms. The Bertz CT molecular complexity index is 3680. The number of ether oxygens (including phenoxy) is 1. The molecule has 1 unspecified atom stereocenters. The fourth-order valence-corrected chi connectivity index (χ4v) is 13.8. The number of hydrogen-bond acceptors (Lipinski definition) is 23. The van der Waals surface area contributed by atoms with Gasteiger partial charge in [-0.2, -0.15) is 0 Å². The molecule has 24 nitrogen and oxygen atoms in total. The lowest BCUT2D eigenvalue weighted by Crippen LogP contribution is -2.40. The van der Waals surface area contributed by atoms with Gasteiger partial charge in [-0.3, -0.25) is 33.6 Å². The number of carboxylic acid groups (broad SMARTS) is 1. The standard InChI is InChI=1S/C52H52N14O10S6/c1-22(2)37-51-66-40(32(82-51)17-76-5)44(72)55-16-36(69)63-41(42(70)24-9-7-6-8-10-24)50-60-31(20-79-50)48-58-29(18-78-48)39-25(11-13-27(56-39)47-62-33(21-80-47)61-34(67)14-12-26(53)52(74)75)46-59-30(19-77-46)43(71)57-28(15-35(68)54-4)49-65-38(23(3)81-49)45(73)64-37/h6-11,13,18-22,26,28,37,41-42,70H,12,14-17,53H2,1-5H3,(H,54,68)(H,55,72)(H,57,71)(H,61,67)(H,63,69)(H,64,73)(H,74,75)/t26-,28-,37?,41-,42-/m0/s1. The normalized spacial score (nSPS) is 16.8. The summed E-state index contributed by atoms with van der Waals surface area (Å²) in [5.74, 6) is -4.67. The third-order valence-corrected chi connectivity index (χ3v) is 18.2. The topological polar surface area (TPSA) is 358 Å². The molecule has 10 bridgehead atoms. The lowest BCUT2D eigenvalue weighted by Gasteiger charge is -2.23. The first-order valence-corrected chi connectivity index (χ1v) is 30.2. The van der Waals surface area contributed by atoms with Gasteiger partial charge in [0.05, 0.1) is 42.2 Å². The summed E-state index contributed by atoms with van der Waals surface area (Å²) in [5, 5.41) is 46.7. The van der Waals surface area contributed by atoms with Crippen LogP contribution >= 0.6 is 68.0 Å². The van der Waals surface area contributed by atoms with Crippen LogP contribution in [-0.4, -0.2) is 113 Å². The zero-order valence-electron chi connectivity index (χ0n) is 44.2. The van der Waals surface area contributed by atoms with E-state index in [9.17, 15) is 38.7 Å². The Morgan fingerprint density at radius 1 is 0.720 bits per heavy atom. The van der Waals surface area contributed by atoms with Gasteiger partial charge in [-0.1, -0.05) is 44.2 Å². The van der Waals surface area contributed by atoms with E-state index in [1.54, 1.807) is 70.9 Å². The Balaban J connectivity index is 1.11. The number of nitrogens with zero attached hydrogens (tertiary/aromatic N) is 7. The van der Waals surface area contributed by atoms with Gasteiger partial charge in [-0.15, -0.1) is 68.0 Å². The van der Waals surface area contributed by atoms with Crippen molar-refractivity contribution in [1.82, 2.24) is 61.5 Å². The van der Waals surface area contributed by atoms with Gasteiger partial charge in [0.2, 0.25) is 17.7 Å². The lowest BCUT2D eigenvalue weighted by atomic mass is 10.0. The molecule has 5 atom stereocenters. The van der Waals surface area contributed by atoms with E-state index >= 15 is 0 Å². The number of aryl methyl sites for hydroxylation is 1. The van der Waals surface area contributed by atoms with E-state index < -0.39 is 78.2 Å². The number of aliphatic carboxylic acids is 1. The number of hydrogen-bond donors (Lipinski definition) is 9. The van der Waals surface area contributed by atoms with E-state index in [1.807, 2.05) is 13.8 Å². The molecule has 82 heavy (non-hydrogen) atoms. The molecule has 8 heterocycles. The van der Waals surface area contributed by atoms with Gasteiger partial charge in [0.25, 0.3) is 17.7 Å². The molecular formula is C52H52N14O10S6. The van der Waals surface area contributed by atoms with E-state index in [1.165, 1.54) is 48.2 Å². The largest absolute Gasteiger partial charge is 0.480 e. The van der Waals surface area contributed by atoms with Crippen LogP contribution in [0, 0.1) is 12.8 Å². The number of carboxylic acids is 1. The third-order valence-electron chi connectivity index (χ3n) is 12.5. The van der Waals surface area contributed by atoms with Crippen LogP contribution in [0.2, 0.25) is 0 Å². The first-order valence-electron chi connectivity index (χ1n) is 25.1. The highest BCUT2D eigenvalue weighted by Crippen LogP contribution is 2.40. The van der Waals surface area contributed by atoms with Gasteiger partial charge in [-0.05, 0) is 37.0 Å². The Labute approximate surface area is 491 Å². The second-order valence-corrected chi connectivity index (χ2v) is 24.5. The molecule has 0 radical (unpaired) electrons. The highest BCUT2D eigenvalue weighted by Gasteiger charge is 2.33. The van der Waals surface area contributed by atoms with Crippen LogP contribution in [-0.2, 0) is 30.5 Å². The number of amides is 6. The van der Waals surface area contributed by atoms with E-state index in [2.05, 4.69) is 46.9 Å². The van der Waals surface area contributed by atoms with Crippen LogP contribution in [0.15, 0.2) is 64.0 Å². The smallest absolute Gasteiger partial charge is 0.320 e. The van der Waals surface area contributed by atoms with Crippen molar-refractivity contribution in [2.75, 3.05) is 26.0 Å². The molecule has 10 N–H and O–H groups in total. The molecular weight excluding hydrogens is 1170 g/mol. The van der Waals surface area contributed by atoms with Gasteiger partial charge in [0, 0.05) is 52.5 Å². The van der Waals surface area contributed by atoms with Gasteiger partial charge in [0.1, 0.15) is 88.2 Å². The monoisotopic (exact) mass is 1220 g/mol. The van der Waals surface area contributed by atoms with Crippen molar-refractivity contribution >= 4 is 115 Å². The number of fused-ring (bicyclic) bond motifs is 14. The summed E-state index contributed by atoms with van der Waals surface area (Å²) in [6.45, 7) is 4.92. The van der Waals surface area contributed by atoms with Crippen LogP contribution in [0.3, 0.4) is 0 Å². The second-order valence-electron chi connectivity index (χ2n) is 18.7. The molecule has 0 saturated heterocycles. The molecule has 1 aromatic carbocycles. The number of rotatable bonds is 13. The third kappa shape index (κ3) is 13.6. The molecule has 426 valence electrons. The van der Waals surface area contributed by atoms with E-state index in [4.69, 9.17) is 35.5 Å². The maximum absolute atomic E-state index is 14.3. The maximum Gasteiger partial charge on any atom is 0.320 e. The first-order chi connectivity index (χ1) is 39.4. The van der Waals surface area contributed by atoms with Gasteiger partial charge >= 0.3 is 5.97 Å². The van der Waals surface area contributed by atoms with Crippen molar-refractivity contribution < 1.29 is 48.5 Å². The van der Waals surface area contributed by atoms with Crippen LogP contribution in [0.25, 0.3) is 43.4 Å².